The van der Waals surface area contributed by atoms with Gasteiger partial charge in [0.15, 0.2) is 0 Å². The van der Waals surface area contributed by atoms with Crippen molar-refractivity contribution >= 4 is 27.7 Å². The minimum atomic E-state index is -0.518. The highest BCUT2D eigenvalue weighted by Gasteiger charge is 2.34. The molecule has 0 amide bonds. The molecular formula is C36H41N3O6. The van der Waals surface area contributed by atoms with E-state index < -0.39 is 5.97 Å². The van der Waals surface area contributed by atoms with Crippen LogP contribution in [0, 0.1) is 6.92 Å². The number of nitrogens with zero attached hydrogens (tertiary/aromatic N) is 2. The molecule has 0 aliphatic carbocycles. The molecule has 3 heterocycles. The molecule has 9 nitrogen and oxygen atoms in total. The van der Waals surface area contributed by atoms with Gasteiger partial charge in [-0.2, -0.15) is 0 Å². The number of piperazine rings is 1. The number of hydrogen-bond donors (Lipinski definition) is 2. The summed E-state index contributed by atoms with van der Waals surface area (Å²) in [5, 5.41) is 17.3. The lowest BCUT2D eigenvalue weighted by atomic mass is 9.89. The summed E-state index contributed by atoms with van der Waals surface area (Å²) < 4.78 is 23.0. The number of benzene rings is 3. The van der Waals surface area contributed by atoms with Crippen LogP contribution >= 0.6 is 0 Å². The number of nitrogens with one attached hydrogen (secondary N) is 1. The van der Waals surface area contributed by atoms with Crippen molar-refractivity contribution in [3.63, 3.8) is 0 Å². The lowest BCUT2D eigenvalue weighted by Crippen LogP contribution is -2.45. The fourth-order valence-electron chi connectivity index (χ4n) is 6.04. The third-order valence-corrected chi connectivity index (χ3v) is 8.09. The fraction of sp³-hybridized carbons (Fsp3) is 0.333. The van der Waals surface area contributed by atoms with Crippen LogP contribution < -0.4 is 14.8 Å². The molecule has 5 aromatic rings. The number of hydrogen-bond acceptors (Lipinski definition) is 9. The maximum absolute atomic E-state index is 13.2. The van der Waals surface area contributed by atoms with Gasteiger partial charge in [0.25, 0.3) is 0 Å². The first-order valence-electron chi connectivity index (χ1n) is 15.4. The average Bonchev–Trinajstić information content (AvgIpc) is 3.44. The lowest BCUT2D eigenvalue weighted by molar-refractivity contribution is 0.0600. The highest BCUT2D eigenvalue weighted by molar-refractivity contribution is 6.17. The van der Waals surface area contributed by atoms with E-state index in [-0.39, 0.29) is 11.8 Å². The van der Waals surface area contributed by atoms with Crippen LogP contribution in [0.3, 0.4) is 0 Å². The third-order valence-electron chi connectivity index (χ3n) is 8.09. The van der Waals surface area contributed by atoms with Crippen LogP contribution in [-0.2, 0) is 11.2 Å². The number of pyridine rings is 1. The number of carbonyl (C=O) groups is 1. The molecule has 6 rings (SSSR count). The molecule has 1 atom stereocenters. The van der Waals surface area contributed by atoms with E-state index in [1.54, 1.807) is 26.4 Å². The van der Waals surface area contributed by atoms with Crippen molar-refractivity contribution in [2.75, 3.05) is 47.0 Å². The Morgan fingerprint density at radius 1 is 1.02 bits per heavy atom. The predicted octanol–water partition coefficient (Wildman–Crippen LogP) is 6.43. The Morgan fingerprint density at radius 2 is 1.78 bits per heavy atom. The summed E-state index contributed by atoms with van der Waals surface area (Å²) in [6.07, 6.45) is 4.19. The number of furan rings is 1. The van der Waals surface area contributed by atoms with Crippen molar-refractivity contribution in [1.29, 1.82) is 0 Å². The van der Waals surface area contributed by atoms with Crippen LogP contribution in [0.15, 0.2) is 71.4 Å². The molecule has 1 aliphatic heterocycles. The minimum absolute atomic E-state index is 0.0942. The number of carbonyl (C=O) groups excluding carboxylic acids is 1. The van der Waals surface area contributed by atoms with Crippen LogP contribution in [-0.4, -0.2) is 68.0 Å². The number of rotatable bonds is 9. The average molecular weight is 612 g/mol. The van der Waals surface area contributed by atoms with Gasteiger partial charge in [-0.15, -0.1) is 0 Å². The summed E-state index contributed by atoms with van der Waals surface area (Å²) in [5.74, 6) is 1.43. The zero-order valence-electron chi connectivity index (χ0n) is 26.6. The van der Waals surface area contributed by atoms with Crippen LogP contribution in [0.5, 0.6) is 17.2 Å². The van der Waals surface area contributed by atoms with E-state index in [1.807, 2.05) is 68.4 Å². The van der Waals surface area contributed by atoms with Crippen LogP contribution in [0.25, 0.3) is 21.7 Å². The Balaban J connectivity index is 0.00000196. The van der Waals surface area contributed by atoms with E-state index in [1.165, 1.54) is 7.11 Å². The Hall–Kier alpha value is -4.60. The highest BCUT2D eigenvalue weighted by atomic mass is 16.5. The van der Waals surface area contributed by atoms with Gasteiger partial charge in [0.1, 0.15) is 34.2 Å². The number of methoxy groups -OCH3 is 2. The largest absolute Gasteiger partial charge is 0.507 e. The summed E-state index contributed by atoms with van der Waals surface area (Å²) in [6, 6.07) is 17.0. The quantitative estimate of drug-likeness (QED) is 0.182. The summed E-state index contributed by atoms with van der Waals surface area (Å²) in [7, 11) is 3.00. The van der Waals surface area contributed by atoms with Crippen molar-refractivity contribution < 1.29 is 28.5 Å². The van der Waals surface area contributed by atoms with Crippen molar-refractivity contribution in [2.24, 2.45) is 0 Å². The second kappa shape index (κ2) is 14.5. The van der Waals surface area contributed by atoms with Gasteiger partial charge in [-0.1, -0.05) is 26.0 Å². The Labute approximate surface area is 263 Å². The van der Waals surface area contributed by atoms with E-state index >= 15 is 0 Å². The minimum Gasteiger partial charge on any atom is -0.507 e. The Kier molecular flexibility index (Phi) is 10.2. The lowest BCUT2D eigenvalue weighted by Gasteiger charge is -2.36. The molecule has 0 radical (unpaired) electrons. The normalized spacial score (nSPS) is 14.1. The van der Waals surface area contributed by atoms with Gasteiger partial charge >= 0.3 is 5.97 Å². The van der Waals surface area contributed by atoms with Gasteiger partial charge in [-0.25, -0.2) is 4.79 Å². The first-order valence-corrected chi connectivity index (χ1v) is 15.4. The zero-order valence-corrected chi connectivity index (χ0v) is 26.6. The molecule has 1 fully saturated rings. The smallest absolute Gasteiger partial charge is 0.342 e. The van der Waals surface area contributed by atoms with Crippen molar-refractivity contribution in [2.45, 2.75) is 33.2 Å². The summed E-state index contributed by atoms with van der Waals surface area (Å²) >= 11 is 0. The Bertz CT molecular complexity index is 1760. The van der Waals surface area contributed by atoms with Gasteiger partial charge in [-0.05, 0) is 60.5 Å². The van der Waals surface area contributed by atoms with E-state index in [4.69, 9.17) is 18.6 Å². The van der Waals surface area contributed by atoms with Gasteiger partial charge in [0, 0.05) is 66.7 Å². The van der Waals surface area contributed by atoms with Gasteiger partial charge in [0.2, 0.25) is 0 Å². The number of fused-ring (bicyclic) bond motifs is 3. The number of aromatic hydroxyl groups is 1. The molecule has 3 aromatic carbocycles. The third kappa shape index (κ3) is 6.45. The SMILES string of the molecule is CC.COC(=O)c1c(C)oc2c1c(C(c1ccncc1)N1CCNCC1)c(O)c1ccc(OCCc3cccc(OC)c3)cc12. The molecule has 0 spiro atoms. The maximum Gasteiger partial charge on any atom is 0.342 e. The maximum atomic E-state index is 13.2. The number of ether oxygens (including phenoxy) is 3. The predicted molar refractivity (Wildman–Crippen MR) is 176 cm³/mol. The number of esters is 1. The van der Waals surface area contributed by atoms with Crippen LogP contribution in [0.1, 0.15) is 52.7 Å². The molecule has 236 valence electrons. The molecule has 1 unspecified atom stereocenters. The van der Waals surface area contributed by atoms with Crippen molar-refractivity contribution in [3.8, 4) is 17.2 Å². The molecule has 1 saturated heterocycles. The standard InChI is InChI=1S/C34H35N3O6.C2H6/c1-21-28(34(39)41-3)29-30(31(23-9-12-35-13-10-23)37-16-14-36-15-17-37)32(38)26-8-7-25(20-27(26)33(29)43-21)42-18-11-22-5-4-6-24(19-22)40-2;1-2/h4-10,12-13,19-20,31,36,38H,11,14-18H2,1-3H3;1-2H3. The second-order valence-corrected chi connectivity index (χ2v) is 10.6. The van der Waals surface area contributed by atoms with Crippen LogP contribution in [0.2, 0.25) is 0 Å². The molecule has 45 heavy (non-hydrogen) atoms. The van der Waals surface area contributed by atoms with E-state index in [2.05, 4.69) is 15.2 Å². The molecule has 0 saturated carbocycles. The van der Waals surface area contributed by atoms with Crippen LogP contribution in [0.4, 0.5) is 0 Å². The van der Waals surface area contributed by atoms with Crippen molar-refractivity contribution in [1.82, 2.24) is 15.2 Å². The summed E-state index contributed by atoms with van der Waals surface area (Å²) in [6.45, 7) is 9.34. The van der Waals surface area contributed by atoms with Crippen molar-refractivity contribution in [3.05, 3.63) is 95.0 Å². The van der Waals surface area contributed by atoms with Gasteiger partial charge in [-0.3, -0.25) is 9.88 Å². The topological polar surface area (TPSA) is 106 Å². The van der Waals surface area contributed by atoms with E-state index in [9.17, 15) is 9.90 Å². The first-order chi connectivity index (χ1) is 22.0. The summed E-state index contributed by atoms with van der Waals surface area (Å²) in [5.41, 5.74) is 3.49. The summed E-state index contributed by atoms with van der Waals surface area (Å²) in [4.78, 5) is 19.7. The number of aromatic nitrogens is 1. The van der Waals surface area contributed by atoms with Gasteiger partial charge < -0.3 is 29.1 Å². The first kappa shape index (κ1) is 31.8. The molecule has 0 bridgehead atoms. The Morgan fingerprint density at radius 3 is 2.49 bits per heavy atom. The molecule has 2 aromatic heterocycles. The zero-order chi connectivity index (χ0) is 31.9. The van der Waals surface area contributed by atoms with E-state index in [0.717, 1.165) is 43.1 Å². The second-order valence-electron chi connectivity index (χ2n) is 10.6. The molecular weight excluding hydrogens is 570 g/mol. The monoisotopic (exact) mass is 611 g/mol. The fourth-order valence-corrected chi connectivity index (χ4v) is 6.04. The number of aryl methyl sites for hydroxylation is 1. The van der Waals surface area contributed by atoms with E-state index in [0.29, 0.717) is 57.4 Å². The molecule has 1 aliphatic rings. The molecule has 2 N–H and O–H groups in total. The number of phenolic OH excluding ortho intramolecular Hbond substituents is 1. The van der Waals surface area contributed by atoms with Gasteiger partial charge in [0.05, 0.1) is 26.9 Å². The number of phenols is 1. The highest BCUT2D eigenvalue weighted by Crippen LogP contribution is 2.48. The molecule has 9 heteroatoms.